The summed E-state index contributed by atoms with van der Waals surface area (Å²) in [5, 5.41) is 20.8. The second kappa shape index (κ2) is 8.07. The maximum Gasteiger partial charge on any atom is 0.312 e. The van der Waals surface area contributed by atoms with Gasteiger partial charge < -0.3 is 9.84 Å². The molecule has 2 rings (SSSR count). The van der Waals surface area contributed by atoms with E-state index in [0.717, 1.165) is 45.3 Å². The van der Waals surface area contributed by atoms with Crippen LogP contribution in [0.2, 0.25) is 5.02 Å². The molecule has 0 radical (unpaired) electrons. The highest BCUT2D eigenvalue weighted by Crippen LogP contribution is 2.32. The van der Waals surface area contributed by atoms with E-state index in [4.69, 9.17) is 16.3 Å². The van der Waals surface area contributed by atoms with Crippen LogP contribution in [0, 0.1) is 10.1 Å². The Morgan fingerprint density at radius 1 is 1.45 bits per heavy atom. The highest BCUT2D eigenvalue weighted by atomic mass is 35.5. The summed E-state index contributed by atoms with van der Waals surface area (Å²) in [5.74, 6) is -0.411. The molecule has 1 N–H and O–H groups in total. The molecule has 120 valence electrons. The molecule has 1 aliphatic heterocycles. The molecule has 1 saturated heterocycles. The molecule has 0 atom stereocenters. The predicted molar refractivity (Wildman–Crippen MR) is 84.1 cm³/mol. The topological polar surface area (TPSA) is 88.2 Å². The van der Waals surface area contributed by atoms with E-state index in [2.05, 4.69) is 9.89 Å². The number of hydrogen-bond acceptors (Lipinski definition) is 6. The van der Waals surface area contributed by atoms with Gasteiger partial charge in [-0.15, -0.1) is 0 Å². The highest BCUT2D eigenvalue weighted by Gasteiger charge is 2.17. The molecule has 22 heavy (non-hydrogen) atoms. The van der Waals surface area contributed by atoms with Gasteiger partial charge in [0.2, 0.25) is 5.75 Å². The van der Waals surface area contributed by atoms with Crippen molar-refractivity contribution in [3.05, 3.63) is 32.8 Å². The van der Waals surface area contributed by atoms with Crippen LogP contribution < -0.4 is 0 Å². The number of phenolic OH excluding ortho intramolecular Hbond substituents is 1. The zero-order chi connectivity index (χ0) is 15.9. The molecule has 1 fully saturated rings. The van der Waals surface area contributed by atoms with Crippen LogP contribution >= 0.6 is 11.6 Å². The average Bonchev–Trinajstić information content (AvgIpc) is 2.50. The lowest BCUT2D eigenvalue weighted by atomic mass is 10.2. The summed E-state index contributed by atoms with van der Waals surface area (Å²) < 4.78 is 5.27. The number of halogens is 1. The third-order valence-corrected chi connectivity index (χ3v) is 3.59. The number of ether oxygens (including phenoxy) is 1. The van der Waals surface area contributed by atoms with Gasteiger partial charge in [0, 0.05) is 49.0 Å². The van der Waals surface area contributed by atoms with Gasteiger partial charge in [-0.05, 0) is 12.5 Å². The monoisotopic (exact) mass is 327 g/mol. The SMILES string of the molecule is O=[N+]([O-])c1cc(Cl)cc(C=NCCCN2CCOCC2)c1O. The third-order valence-electron chi connectivity index (χ3n) is 3.38. The van der Waals surface area contributed by atoms with Gasteiger partial charge in [-0.1, -0.05) is 11.6 Å². The van der Waals surface area contributed by atoms with E-state index in [1.807, 2.05) is 0 Å². The number of morpholine rings is 1. The van der Waals surface area contributed by atoms with Gasteiger partial charge in [-0.3, -0.25) is 20.0 Å². The lowest BCUT2D eigenvalue weighted by Gasteiger charge is -2.26. The molecule has 0 aromatic heterocycles. The first-order chi connectivity index (χ1) is 10.6. The van der Waals surface area contributed by atoms with Crippen molar-refractivity contribution in [2.45, 2.75) is 6.42 Å². The maximum atomic E-state index is 10.8. The molecule has 0 amide bonds. The van der Waals surface area contributed by atoms with Crippen LogP contribution in [0.15, 0.2) is 17.1 Å². The second-order valence-corrected chi connectivity index (χ2v) is 5.40. The average molecular weight is 328 g/mol. The standard InChI is InChI=1S/C14H18ClN3O4/c15-12-8-11(14(19)13(9-12)18(20)21)10-16-2-1-3-17-4-6-22-7-5-17/h8-10,19H,1-7H2. The number of aromatic hydroxyl groups is 1. The van der Waals surface area contributed by atoms with Crippen LogP contribution in [-0.2, 0) is 4.74 Å². The van der Waals surface area contributed by atoms with Crippen LogP contribution in [0.25, 0.3) is 0 Å². The smallest absolute Gasteiger partial charge is 0.312 e. The normalized spacial score (nSPS) is 16.2. The molecule has 0 spiro atoms. The molecule has 1 aromatic rings. The maximum absolute atomic E-state index is 10.8. The van der Waals surface area contributed by atoms with E-state index in [-0.39, 0.29) is 10.6 Å². The molecule has 1 aliphatic rings. The zero-order valence-corrected chi connectivity index (χ0v) is 12.8. The first kappa shape index (κ1) is 16.7. The summed E-state index contributed by atoms with van der Waals surface area (Å²) in [4.78, 5) is 16.6. The molecular formula is C14H18ClN3O4. The summed E-state index contributed by atoms with van der Waals surface area (Å²) in [6, 6.07) is 2.57. The van der Waals surface area contributed by atoms with Crippen molar-refractivity contribution < 1.29 is 14.8 Å². The van der Waals surface area contributed by atoms with Gasteiger partial charge in [-0.2, -0.15) is 0 Å². The van der Waals surface area contributed by atoms with Crippen molar-refractivity contribution in [1.29, 1.82) is 0 Å². The number of nitrogens with zero attached hydrogens (tertiary/aromatic N) is 3. The van der Waals surface area contributed by atoms with E-state index in [9.17, 15) is 15.2 Å². The molecule has 0 unspecified atom stereocenters. The van der Waals surface area contributed by atoms with E-state index < -0.39 is 16.4 Å². The van der Waals surface area contributed by atoms with Crippen LogP contribution in [0.3, 0.4) is 0 Å². The van der Waals surface area contributed by atoms with Crippen LogP contribution in [0.1, 0.15) is 12.0 Å². The van der Waals surface area contributed by atoms with Crippen molar-refractivity contribution in [3.63, 3.8) is 0 Å². The number of phenols is 1. The molecule has 0 saturated carbocycles. The Morgan fingerprint density at radius 3 is 2.86 bits per heavy atom. The summed E-state index contributed by atoms with van der Waals surface area (Å²) in [7, 11) is 0. The van der Waals surface area contributed by atoms with Crippen molar-refractivity contribution >= 4 is 23.5 Å². The minimum atomic E-state index is -0.670. The molecule has 7 nitrogen and oxygen atoms in total. The number of hydrogen-bond donors (Lipinski definition) is 1. The van der Waals surface area contributed by atoms with E-state index in [0.29, 0.717) is 6.54 Å². The van der Waals surface area contributed by atoms with Gasteiger partial charge in [0.15, 0.2) is 0 Å². The van der Waals surface area contributed by atoms with Crippen molar-refractivity contribution in [2.75, 3.05) is 39.4 Å². The van der Waals surface area contributed by atoms with E-state index >= 15 is 0 Å². The number of aliphatic imine (C=N–C) groups is 1. The summed E-state index contributed by atoms with van der Waals surface area (Å²) in [6.45, 7) is 4.92. The Bertz CT molecular complexity index is 559. The Hall–Kier alpha value is -1.70. The fourth-order valence-corrected chi connectivity index (χ4v) is 2.44. The summed E-state index contributed by atoms with van der Waals surface area (Å²) in [6.07, 6.45) is 2.30. The summed E-state index contributed by atoms with van der Waals surface area (Å²) >= 11 is 5.81. The molecule has 1 heterocycles. The molecule has 1 aromatic carbocycles. The number of nitro groups is 1. The highest BCUT2D eigenvalue weighted by molar-refractivity contribution is 6.31. The van der Waals surface area contributed by atoms with E-state index in [1.165, 1.54) is 12.3 Å². The Kier molecular flexibility index (Phi) is 6.11. The minimum Gasteiger partial charge on any atom is -0.502 e. The lowest BCUT2D eigenvalue weighted by Crippen LogP contribution is -2.37. The zero-order valence-electron chi connectivity index (χ0n) is 12.1. The fourth-order valence-electron chi connectivity index (χ4n) is 2.22. The van der Waals surface area contributed by atoms with Gasteiger partial charge >= 0.3 is 5.69 Å². The van der Waals surface area contributed by atoms with Crippen LogP contribution in [0.4, 0.5) is 5.69 Å². The number of nitro benzene ring substituents is 1. The van der Waals surface area contributed by atoms with E-state index in [1.54, 1.807) is 0 Å². The Labute approximate surface area is 133 Å². The van der Waals surface area contributed by atoms with Crippen LogP contribution in [0.5, 0.6) is 5.75 Å². The second-order valence-electron chi connectivity index (χ2n) is 4.96. The Morgan fingerprint density at radius 2 is 2.18 bits per heavy atom. The Balaban J connectivity index is 1.88. The first-order valence-corrected chi connectivity index (χ1v) is 7.42. The molecule has 0 aliphatic carbocycles. The number of rotatable bonds is 6. The molecule has 0 bridgehead atoms. The first-order valence-electron chi connectivity index (χ1n) is 7.05. The quantitative estimate of drug-likeness (QED) is 0.374. The van der Waals surface area contributed by atoms with Gasteiger partial charge in [-0.25, -0.2) is 0 Å². The van der Waals surface area contributed by atoms with Crippen LogP contribution in [-0.4, -0.2) is 60.5 Å². The van der Waals surface area contributed by atoms with Crippen molar-refractivity contribution in [3.8, 4) is 5.75 Å². The largest absolute Gasteiger partial charge is 0.502 e. The summed E-state index contributed by atoms with van der Waals surface area (Å²) in [5.41, 5.74) is -0.159. The van der Waals surface area contributed by atoms with Gasteiger partial charge in [0.05, 0.1) is 18.1 Å². The minimum absolute atomic E-state index is 0.194. The number of benzene rings is 1. The van der Waals surface area contributed by atoms with Gasteiger partial charge in [0.1, 0.15) is 0 Å². The predicted octanol–water partition coefficient (Wildman–Crippen LogP) is 2.10. The fraction of sp³-hybridized carbons (Fsp3) is 0.500. The molecule has 8 heteroatoms. The van der Waals surface area contributed by atoms with Crippen molar-refractivity contribution in [1.82, 2.24) is 4.90 Å². The van der Waals surface area contributed by atoms with Crippen molar-refractivity contribution in [2.24, 2.45) is 4.99 Å². The molecular weight excluding hydrogens is 310 g/mol. The third kappa shape index (κ3) is 4.66. The lowest BCUT2D eigenvalue weighted by molar-refractivity contribution is -0.385. The van der Waals surface area contributed by atoms with Gasteiger partial charge in [0.25, 0.3) is 0 Å².